The van der Waals surface area contributed by atoms with Crippen LogP contribution >= 0.6 is 0 Å². The molecule has 0 saturated carbocycles. The van der Waals surface area contributed by atoms with E-state index in [1.165, 1.54) is 96.3 Å². The number of allylic oxidation sites excluding steroid dienone is 18. The first-order valence-electron chi connectivity index (χ1n) is 29.9. The molecule has 0 radical (unpaired) electrons. The lowest BCUT2D eigenvalue weighted by Gasteiger charge is -2.18. The van der Waals surface area contributed by atoms with Crippen molar-refractivity contribution in [3.63, 3.8) is 0 Å². The van der Waals surface area contributed by atoms with E-state index >= 15 is 0 Å². The molecule has 0 bridgehead atoms. The van der Waals surface area contributed by atoms with Crippen LogP contribution in [0, 0.1) is 0 Å². The van der Waals surface area contributed by atoms with Crippen molar-refractivity contribution in [1.82, 2.24) is 0 Å². The Balaban J connectivity index is 4.45. The molecule has 0 aliphatic carbocycles. The fourth-order valence-corrected chi connectivity index (χ4v) is 8.07. The summed E-state index contributed by atoms with van der Waals surface area (Å²) in [5.41, 5.74) is 0. The predicted octanol–water partition coefficient (Wildman–Crippen LogP) is 20.3. The molecule has 0 aromatic rings. The third kappa shape index (κ3) is 57.0. The highest BCUT2D eigenvalue weighted by Gasteiger charge is 2.19. The summed E-state index contributed by atoms with van der Waals surface area (Å²) >= 11 is 0. The van der Waals surface area contributed by atoms with Gasteiger partial charge in [-0.3, -0.25) is 14.4 Å². The first-order valence-corrected chi connectivity index (χ1v) is 29.9. The molecule has 6 nitrogen and oxygen atoms in total. The maximum Gasteiger partial charge on any atom is 0.306 e. The number of hydrogen-bond donors (Lipinski definition) is 0. The Kier molecular flexibility index (Phi) is 56.4. The first kappa shape index (κ1) is 68.1. The summed E-state index contributed by atoms with van der Waals surface area (Å²) < 4.78 is 16.9. The standard InChI is InChI=1S/C66H110O6/c1-4-7-10-13-16-19-22-25-28-31-33-36-38-41-44-47-50-53-56-59-65(68)71-62-63(61-70-64(67)58-55-52-49-46-43-40-37-34-30-27-24-21-18-15-12-9-6-3)72-66(69)60-57-54-51-48-45-42-39-35-32-29-26-23-20-17-14-11-8-5-2/h7,9-10,12,16,18-21,23,25,27-30,32-33,36,63H,4-6,8,11,13-15,17,22,24,26,31,34-35,37-62H2,1-3H3/b10-7-,12-9-,19-16-,21-18-,23-20-,28-25-,30-27-,32-29-,36-33-. The molecule has 0 spiro atoms. The molecule has 0 aromatic carbocycles. The molecule has 72 heavy (non-hydrogen) atoms. The van der Waals surface area contributed by atoms with Gasteiger partial charge in [0, 0.05) is 19.3 Å². The summed E-state index contributed by atoms with van der Waals surface area (Å²) in [7, 11) is 0. The summed E-state index contributed by atoms with van der Waals surface area (Å²) in [6, 6.07) is 0. The van der Waals surface area contributed by atoms with Crippen LogP contribution in [0.4, 0.5) is 0 Å². The Labute approximate surface area is 444 Å². The third-order valence-corrected chi connectivity index (χ3v) is 12.5. The highest BCUT2D eigenvalue weighted by Crippen LogP contribution is 2.15. The van der Waals surface area contributed by atoms with Crippen molar-refractivity contribution in [3.05, 3.63) is 109 Å². The van der Waals surface area contributed by atoms with Crippen molar-refractivity contribution in [2.24, 2.45) is 0 Å². The van der Waals surface area contributed by atoms with Gasteiger partial charge in [0.15, 0.2) is 6.10 Å². The zero-order valence-electron chi connectivity index (χ0n) is 46.9. The highest BCUT2D eigenvalue weighted by atomic mass is 16.6. The summed E-state index contributed by atoms with van der Waals surface area (Å²) in [6.07, 6.45) is 80.7. The number of carbonyl (C=O) groups is 3. The molecule has 1 unspecified atom stereocenters. The zero-order valence-corrected chi connectivity index (χ0v) is 46.9. The second kappa shape index (κ2) is 59.6. The first-order chi connectivity index (χ1) is 35.5. The van der Waals surface area contributed by atoms with E-state index in [4.69, 9.17) is 14.2 Å². The van der Waals surface area contributed by atoms with Crippen molar-refractivity contribution >= 4 is 17.9 Å². The normalized spacial score (nSPS) is 12.9. The predicted molar refractivity (Wildman–Crippen MR) is 311 cm³/mol. The van der Waals surface area contributed by atoms with Crippen LogP contribution in [-0.2, 0) is 28.6 Å². The largest absolute Gasteiger partial charge is 0.462 e. The number of hydrogen-bond acceptors (Lipinski definition) is 6. The van der Waals surface area contributed by atoms with Crippen molar-refractivity contribution < 1.29 is 28.6 Å². The number of rotatable bonds is 53. The molecule has 0 N–H and O–H groups in total. The van der Waals surface area contributed by atoms with E-state index in [-0.39, 0.29) is 31.1 Å². The van der Waals surface area contributed by atoms with Gasteiger partial charge in [-0.2, -0.15) is 0 Å². The van der Waals surface area contributed by atoms with Gasteiger partial charge in [0.05, 0.1) is 0 Å². The molecule has 410 valence electrons. The lowest BCUT2D eigenvalue weighted by molar-refractivity contribution is -0.167. The van der Waals surface area contributed by atoms with Gasteiger partial charge < -0.3 is 14.2 Å². The lowest BCUT2D eigenvalue weighted by atomic mass is 10.1. The molecule has 6 heteroatoms. The quantitative estimate of drug-likeness (QED) is 0.0261. The van der Waals surface area contributed by atoms with Gasteiger partial charge in [0.1, 0.15) is 13.2 Å². The van der Waals surface area contributed by atoms with E-state index in [9.17, 15) is 14.4 Å². The molecular formula is C66H110O6. The Bertz CT molecular complexity index is 1470. The molecule has 0 amide bonds. The molecule has 0 rings (SSSR count). The Morgan fingerprint density at radius 1 is 0.292 bits per heavy atom. The Hall–Kier alpha value is -3.93. The van der Waals surface area contributed by atoms with E-state index in [0.29, 0.717) is 19.3 Å². The van der Waals surface area contributed by atoms with E-state index in [0.717, 1.165) is 135 Å². The van der Waals surface area contributed by atoms with Gasteiger partial charge in [-0.25, -0.2) is 0 Å². The second-order valence-corrected chi connectivity index (χ2v) is 19.5. The lowest BCUT2D eigenvalue weighted by Crippen LogP contribution is -2.30. The summed E-state index contributed by atoms with van der Waals surface area (Å²) in [5, 5.41) is 0. The minimum Gasteiger partial charge on any atom is -0.462 e. The van der Waals surface area contributed by atoms with Gasteiger partial charge in [0.25, 0.3) is 0 Å². The van der Waals surface area contributed by atoms with Gasteiger partial charge in [-0.15, -0.1) is 0 Å². The van der Waals surface area contributed by atoms with Crippen LogP contribution in [0.25, 0.3) is 0 Å². The van der Waals surface area contributed by atoms with Gasteiger partial charge >= 0.3 is 17.9 Å². The fraction of sp³-hybridized carbons (Fsp3) is 0.682. The molecule has 0 aliphatic rings. The molecule has 0 aliphatic heterocycles. The number of ether oxygens (including phenoxy) is 3. The zero-order chi connectivity index (χ0) is 52.2. The van der Waals surface area contributed by atoms with Crippen LogP contribution in [0.5, 0.6) is 0 Å². The molecule has 0 saturated heterocycles. The molecule has 0 fully saturated rings. The van der Waals surface area contributed by atoms with Gasteiger partial charge in [-0.05, 0) is 122 Å². The minimum atomic E-state index is -0.796. The van der Waals surface area contributed by atoms with Crippen molar-refractivity contribution in [1.29, 1.82) is 0 Å². The summed E-state index contributed by atoms with van der Waals surface area (Å²) in [5.74, 6) is -0.920. The van der Waals surface area contributed by atoms with E-state index in [1.54, 1.807) is 0 Å². The van der Waals surface area contributed by atoms with E-state index < -0.39 is 6.10 Å². The maximum absolute atomic E-state index is 12.9. The van der Waals surface area contributed by atoms with Crippen molar-refractivity contribution in [2.75, 3.05) is 13.2 Å². The number of esters is 3. The van der Waals surface area contributed by atoms with Crippen LogP contribution in [0.2, 0.25) is 0 Å². The van der Waals surface area contributed by atoms with E-state index in [1.807, 2.05) is 0 Å². The van der Waals surface area contributed by atoms with Gasteiger partial charge in [-0.1, -0.05) is 239 Å². The van der Waals surface area contributed by atoms with Crippen LogP contribution in [-0.4, -0.2) is 37.2 Å². The van der Waals surface area contributed by atoms with Crippen LogP contribution in [0.15, 0.2) is 109 Å². The number of carbonyl (C=O) groups excluding carboxylic acids is 3. The summed E-state index contributed by atoms with van der Waals surface area (Å²) in [6.45, 7) is 6.38. The molecule has 0 heterocycles. The number of unbranched alkanes of at least 4 members (excludes halogenated alkanes) is 24. The topological polar surface area (TPSA) is 78.9 Å². The Morgan fingerprint density at radius 2 is 0.542 bits per heavy atom. The SMILES string of the molecule is CC/C=C\C/C=C\C/C=C\C/C=C\CCCCCCCCC(=O)OCC(COC(=O)CCCCCCCCC/C=C\C/C=C\C/C=C\CC)OC(=O)CCCCCCCCC/C=C\C/C=C\CCCCCC. The average molecular weight is 1000 g/mol. The van der Waals surface area contributed by atoms with Crippen LogP contribution in [0.1, 0.15) is 271 Å². The maximum atomic E-state index is 12.9. The Morgan fingerprint density at radius 3 is 0.847 bits per heavy atom. The third-order valence-electron chi connectivity index (χ3n) is 12.5. The van der Waals surface area contributed by atoms with Crippen LogP contribution in [0.3, 0.4) is 0 Å². The highest BCUT2D eigenvalue weighted by molar-refractivity contribution is 5.71. The van der Waals surface area contributed by atoms with Crippen LogP contribution < -0.4 is 0 Å². The molecule has 1 atom stereocenters. The smallest absolute Gasteiger partial charge is 0.306 e. The molecular weight excluding hydrogens is 889 g/mol. The molecule has 0 aromatic heterocycles. The van der Waals surface area contributed by atoms with Crippen molar-refractivity contribution in [3.8, 4) is 0 Å². The van der Waals surface area contributed by atoms with E-state index in [2.05, 4.69) is 130 Å². The fourth-order valence-electron chi connectivity index (χ4n) is 8.07. The minimum absolute atomic E-state index is 0.0924. The van der Waals surface area contributed by atoms with Gasteiger partial charge in [0.2, 0.25) is 0 Å². The van der Waals surface area contributed by atoms with Crippen molar-refractivity contribution in [2.45, 2.75) is 277 Å². The monoisotopic (exact) mass is 999 g/mol. The summed E-state index contributed by atoms with van der Waals surface area (Å²) in [4.78, 5) is 38.3. The average Bonchev–Trinajstić information content (AvgIpc) is 3.38. The second-order valence-electron chi connectivity index (χ2n) is 19.5.